The van der Waals surface area contributed by atoms with E-state index in [4.69, 9.17) is 5.11 Å². The van der Waals surface area contributed by atoms with Gasteiger partial charge in [-0.2, -0.15) is 0 Å². The van der Waals surface area contributed by atoms with Crippen molar-refractivity contribution in [2.45, 2.75) is 31.2 Å². The van der Waals surface area contributed by atoms with Crippen LogP contribution in [0.3, 0.4) is 0 Å². The molecular weight excluding hydrogens is 274 g/mol. The lowest BCUT2D eigenvalue weighted by atomic mass is 9.76. The Kier molecular flexibility index (Phi) is 4.79. The largest absolute Gasteiger partial charge is 0.477 e. The molecule has 2 rings (SSSR count). The van der Waals surface area contributed by atoms with Crippen LogP contribution in [0.25, 0.3) is 0 Å². The third kappa shape index (κ3) is 3.52. The van der Waals surface area contributed by atoms with Crippen LogP contribution in [0.1, 0.15) is 42.0 Å². The van der Waals surface area contributed by atoms with Crippen molar-refractivity contribution in [2.75, 3.05) is 20.1 Å². The number of rotatable bonds is 7. The van der Waals surface area contributed by atoms with E-state index in [0.717, 1.165) is 32.2 Å². The topological polar surface area (TPSA) is 119 Å². The summed E-state index contributed by atoms with van der Waals surface area (Å²) in [5, 5.41) is 17.6. The first kappa shape index (κ1) is 15.3. The second kappa shape index (κ2) is 6.57. The number of amides is 2. The summed E-state index contributed by atoms with van der Waals surface area (Å²) in [7, 11) is 1.86. The number of H-pyrrole nitrogens is 1. The molecule has 8 nitrogen and oxygen atoms in total. The van der Waals surface area contributed by atoms with Gasteiger partial charge in [0.1, 0.15) is 11.5 Å². The maximum absolute atomic E-state index is 11.9. The van der Waals surface area contributed by atoms with Gasteiger partial charge in [-0.05, 0) is 39.3 Å². The molecule has 1 aromatic heterocycles. The van der Waals surface area contributed by atoms with E-state index >= 15 is 0 Å². The highest BCUT2D eigenvalue weighted by Crippen LogP contribution is 2.39. The van der Waals surface area contributed by atoms with Gasteiger partial charge in [0, 0.05) is 6.54 Å². The number of carbonyl (C=O) groups excluding carboxylic acids is 1. The summed E-state index contributed by atoms with van der Waals surface area (Å²) in [5.74, 6) is -0.545. The van der Waals surface area contributed by atoms with Gasteiger partial charge >= 0.3 is 12.0 Å². The molecule has 0 atom stereocenters. The van der Waals surface area contributed by atoms with Gasteiger partial charge in [-0.3, -0.25) is 0 Å². The van der Waals surface area contributed by atoms with Crippen LogP contribution in [0.5, 0.6) is 0 Å². The molecule has 1 fully saturated rings. The Morgan fingerprint density at radius 3 is 2.71 bits per heavy atom. The molecule has 1 saturated carbocycles. The molecule has 0 radical (unpaired) electrons. The van der Waals surface area contributed by atoms with Crippen molar-refractivity contribution in [3.63, 3.8) is 0 Å². The maximum atomic E-state index is 11.9. The minimum absolute atomic E-state index is 0.0347. The molecule has 8 heteroatoms. The lowest BCUT2D eigenvalue weighted by Crippen LogP contribution is -2.54. The molecule has 0 aliphatic heterocycles. The number of hydrogen-bond donors (Lipinski definition) is 5. The molecule has 5 N–H and O–H groups in total. The number of aromatic nitrogens is 2. The van der Waals surface area contributed by atoms with Gasteiger partial charge in [0.15, 0.2) is 0 Å². The Morgan fingerprint density at radius 2 is 2.19 bits per heavy atom. The maximum Gasteiger partial charge on any atom is 0.353 e. The molecule has 0 unspecified atom stereocenters. The first-order valence-corrected chi connectivity index (χ1v) is 7.07. The highest BCUT2D eigenvalue weighted by Gasteiger charge is 2.42. The van der Waals surface area contributed by atoms with Gasteiger partial charge in [0.2, 0.25) is 0 Å². The van der Waals surface area contributed by atoms with Crippen molar-refractivity contribution in [3.05, 3.63) is 17.7 Å². The third-order valence-electron chi connectivity index (χ3n) is 3.71. The smallest absolute Gasteiger partial charge is 0.353 e. The zero-order valence-electron chi connectivity index (χ0n) is 12.0. The summed E-state index contributed by atoms with van der Waals surface area (Å²) in [4.78, 5) is 29.7. The van der Waals surface area contributed by atoms with Crippen LogP contribution in [0.4, 0.5) is 4.79 Å². The van der Waals surface area contributed by atoms with Gasteiger partial charge in [-0.25, -0.2) is 14.6 Å². The van der Waals surface area contributed by atoms with E-state index < -0.39 is 11.5 Å². The third-order valence-corrected chi connectivity index (χ3v) is 3.71. The Bertz CT molecular complexity index is 510. The number of hydrogen-bond acceptors (Lipinski definition) is 4. The number of aromatic amines is 1. The number of nitrogens with one attached hydrogen (secondary N) is 4. The van der Waals surface area contributed by atoms with Crippen LogP contribution in [-0.4, -0.2) is 47.2 Å². The zero-order valence-corrected chi connectivity index (χ0v) is 12.0. The first-order valence-electron chi connectivity index (χ1n) is 7.07. The Hall–Kier alpha value is -2.09. The van der Waals surface area contributed by atoms with E-state index in [9.17, 15) is 9.59 Å². The molecule has 1 heterocycles. The molecule has 0 saturated heterocycles. The van der Waals surface area contributed by atoms with Crippen molar-refractivity contribution in [1.29, 1.82) is 0 Å². The minimum atomic E-state index is -1.06. The molecule has 116 valence electrons. The fourth-order valence-electron chi connectivity index (χ4n) is 2.35. The van der Waals surface area contributed by atoms with Crippen molar-refractivity contribution < 1.29 is 14.7 Å². The minimum Gasteiger partial charge on any atom is -0.477 e. The lowest BCUT2D eigenvalue weighted by molar-refractivity contribution is 0.0690. The summed E-state index contributed by atoms with van der Waals surface area (Å²) < 4.78 is 0. The van der Waals surface area contributed by atoms with Crippen molar-refractivity contribution in [3.8, 4) is 0 Å². The predicted molar refractivity (Wildman–Crippen MR) is 76.2 cm³/mol. The quantitative estimate of drug-likeness (QED) is 0.466. The molecule has 1 aliphatic rings. The second-order valence-electron chi connectivity index (χ2n) is 5.22. The highest BCUT2D eigenvalue weighted by molar-refractivity contribution is 5.85. The Balaban J connectivity index is 1.94. The molecule has 1 aliphatic carbocycles. The second-order valence-corrected chi connectivity index (χ2v) is 5.22. The fourth-order valence-corrected chi connectivity index (χ4v) is 2.35. The van der Waals surface area contributed by atoms with Crippen LogP contribution in [-0.2, 0) is 5.54 Å². The summed E-state index contributed by atoms with van der Waals surface area (Å²) in [5.41, 5.74) is -0.534. The molecule has 0 spiro atoms. The molecule has 21 heavy (non-hydrogen) atoms. The summed E-state index contributed by atoms with van der Waals surface area (Å²) in [6.07, 6.45) is 4.61. The highest BCUT2D eigenvalue weighted by atomic mass is 16.4. The van der Waals surface area contributed by atoms with E-state index in [2.05, 4.69) is 25.9 Å². The van der Waals surface area contributed by atoms with Crippen molar-refractivity contribution in [2.24, 2.45) is 0 Å². The number of imidazole rings is 1. The summed E-state index contributed by atoms with van der Waals surface area (Å²) in [6, 6.07) is -0.251. The van der Waals surface area contributed by atoms with Crippen LogP contribution in [0.2, 0.25) is 0 Å². The standard InChI is InChI=1S/C13H21N5O3/c1-14-6-3-7-15-12(21)18-13(4-2-5-13)11-16-8-9(17-11)10(19)20/h8,14H,2-7H2,1H3,(H,16,17)(H,19,20)(H2,15,18,21). The first-order chi connectivity index (χ1) is 10.1. The van der Waals surface area contributed by atoms with E-state index in [0.29, 0.717) is 12.4 Å². The molecule has 0 bridgehead atoms. The molecule has 2 amide bonds. The number of nitrogens with zero attached hydrogens (tertiary/aromatic N) is 1. The van der Waals surface area contributed by atoms with Crippen molar-refractivity contribution in [1.82, 2.24) is 25.9 Å². The van der Waals surface area contributed by atoms with Gasteiger partial charge < -0.3 is 26.0 Å². The molecular formula is C13H21N5O3. The van der Waals surface area contributed by atoms with E-state index in [1.165, 1.54) is 6.20 Å². The van der Waals surface area contributed by atoms with Crippen LogP contribution in [0.15, 0.2) is 6.20 Å². The number of carbonyl (C=O) groups is 2. The van der Waals surface area contributed by atoms with Crippen LogP contribution < -0.4 is 16.0 Å². The van der Waals surface area contributed by atoms with Crippen LogP contribution in [0, 0.1) is 0 Å². The SMILES string of the molecule is CNCCCNC(=O)NC1(c2ncc(C(=O)O)[nH]2)CCC1. The van der Waals surface area contributed by atoms with Gasteiger partial charge in [-0.15, -0.1) is 0 Å². The predicted octanol–water partition coefficient (Wildman–Crippen LogP) is 0.396. The van der Waals surface area contributed by atoms with E-state index in [1.54, 1.807) is 0 Å². The zero-order chi connectivity index (χ0) is 15.3. The van der Waals surface area contributed by atoms with E-state index in [-0.39, 0.29) is 11.7 Å². The Morgan fingerprint density at radius 1 is 1.43 bits per heavy atom. The number of aromatic carboxylic acids is 1. The van der Waals surface area contributed by atoms with Crippen LogP contribution >= 0.6 is 0 Å². The number of carboxylic acid groups (broad SMARTS) is 1. The van der Waals surface area contributed by atoms with Crippen molar-refractivity contribution >= 4 is 12.0 Å². The van der Waals surface area contributed by atoms with Gasteiger partial charge in [-0.1, -0.05) is 0 Å². The summed E-state index contributed by atoms with van der Waals surface area (Å²) in [6.45, 7) is 1.42. The number of carboxylic acids is 1. The van der Waals surface area contributed by atoms with Gasteiger partial charge in [0.05, 0.1) is 11.7 Å². The normalized spacial score (nSPS) is 16.0. The Labute approximate surface area is 122 Å². The monoisotopic (exact) mass is 295 g/mol. The average molecular weight is 295 g/mol. The van der Waals surface area contributed by atoms with E-state index in [1.807, 2.05) is 7.05 Å². The molecule has 0 aromatic carbocycles. The van der Waals surface area contributed by atoms with Gasteiger partial charge in [0.25, 0.3) is 0 Å². The number of urea groups is 1. The summed E-state index contributed by atoms with van der Waals surface area (Å²) >= 11 is 0. The lowest BCUT2D eigenvalue weighted by Gasteiger charge is -2.40. The average Bonchev–Trinajstić information content (AvgIpc) is 2.89. The fraction of sp³-hybridized carbons (Fsp3) is 0.615. The molecule has 1 aromatic rings.